The number of pyridine rings is 1. The molecule has 15 heavy (non-hydrogen) atoms. The molecule has 2 aromatic heterocycles. The maximum absolute atomic E-state index is 9.02. The van der Waals surface area contributed by atoms with Crippen LogP contribution < -0.4 is 0 Å². The quantitative estimate of drug-likeness (QED) is 0.717. The van der Waals surface area contributed by atoms with Crippen LogP contribution in [0.2, 0.25) is 0 Å². The monoisotopic (exact) mass is 212 g/mol. The largest absolute Gasteiger partial charge is 0.256 e. The van der Waals surface area contributed by atoms with Crippen LogP contribution in [0.1, 0.15) is 10.6 Å². The topological polar surface area (TPSA) is 36.7 Å². The van der Waals surface area contributed by atoms with E-state index in [9.17, 15) is 0 Å². The van der Waals surface area contributed by atoms with Crippen molar-refractivity contribution in [1.29, 1.82) is 5.26 Å². The number of rotatable bonds is 2. The molecule has 0 N–H and O–H groups in total. The summed E-state index contributed by atoms with van der Waals surface area (Å²) in [5.74, 6) is 0. The fourth-order valence-corrected chi connectivity index (χ4v) is 1.86. The molecular formula is C12H8N2S. The number of hydrogen-bond donors (Lipinski definition) is 0. The molecule has 0 radical (unpaired) electrons. The lowest BCUT2D eigenvalue weighted by molar-refractivity contribution is 1.28. The van der Waals surface area contributed by atoms with Gasteiger partial charge < -0.3 is 0 Å². The third kappa shape index (κ3) is 2.30. The molecular weight excluding hydrogens is 204 g/mol. The molecule has 0 saturated heterocycles. The first-order valence-electron chi connectivity index (χ1n) is 4.47. The van der Waals surface area contributed by atoms with E-state index < -0.39 is 0 Å². The van der Waals surface area contributed by atoms with Gasteiger partial charge in [0.15, 0.2) is 0 Å². The van der Waals surface area contributed by atoms with E-state index in [1.165, 1.54) is 0 Å². The van der Waals surface area contributed by atoms with Gasteiger partial charge in [0.25, 0.3) is 0 Å². The number of thiophene rings is 1. The third-order valence-electron chi connectivity index (χ3n) is 1.89. The van der Waals surface area contributed by atoms with Crippen LogP contribution >= 0.6 is 11.3 Å². The molecule has 0 aliphatic carbocycles. The van der Waals surface area contributed by atoms with E-state index in [0.29, 0.717) is 11.3 Å². The zero-order chi connectivity index (χ0) is 10.5. The molecule has 0 atom stereocenters. The van der Waals surface area contributed by atoms with Crippen LogP contribution in [0.25, 0.3) is 11.6 Å². The fraction of sp³-hybridized carbons (Fsp3) is 0. The van der Waals surface area contributed by atoms with E-state index in [2.05, 4.69) is 11.1 Å². The smallest absolute Gasteiger partial charge is 0.101 e. The van der Waals surface area contributed by atoms with Gasteiger partial charge in [-0.05, 0) is 29.7 Å². The molecule has 2 aromatic rings. The molecule has 3 heteroatoms. The standard InChI is InChI=1S/C12H8N2S/c13-9-10(8-11-4-3-7-15-11)12-5-1-2-6-14-12/h1-8H/b10-8-. The molecule has 0 spiro atoms. The van der Waals surface area contributed by atoms with Crippen LogP contribution in [0.5, 0.6) is 0 Å². The number of allylic oxidation sites excluding steroid dienone is 1. The van der Waals surface area contributed by atoms with Gasteiger partial charge in [-0.2, -0.15) is 5.26 Å². The second-order valence-electron chi connectivity index (χ2n) is 2.90. The summed E-state index contributed by atoms with van der Waals surface area (Å²) >= 11 is 1.61. The zero-order valence-electron chi connectivity index (χ0n) is 7.92. The average Bonchev–Trinajstić information content (AvgIpc) is 2.80. The molecule has 0 fully saturated rings. The Morgan fingerprint density at radius 3 is 2.87 bits per heavy atom. The lowest BCUT2D eigenvalue weighted by Gasteiger charge is -1.95. The Morgan fingerprint density at radius 2 is 2.27 bits per heavy atom. The summed E-state index contributed by atoms with van der Waals surface area (Å²) in [7, 11) is 0. The van der Waals surface area contributed by atoms with Crippen LogP contribution in [0.4, 0.5) is 0 Å². The molecule has 72 valence electrons. The fourth-order valence-electron chi connectivity index (χ4n) is 1.20. The van der Waals surface area contributed by atoms with Gasteiger partial charge in [0, 0.05) is 11.1 Å². The SMILES string of the molecule is N#C/C(=C/c1cccs1)c1ccccn1. The van der Waals surface area contributed by atoms with Gasteiger partial charge >= 0.3 is 0 Å². The van der Waals surface area contributed by atoms with Crippen molar-refractivity contribution in [3.8, 4) is 6.07 Å². The normalized spacial score (nSPS) is 11.0. The lowest BCUT2D eigenvalue weighted by Crippen LogP contribution is -1.84. The van der Waals surface area contributed by atoms with Crippen LogP contribution in [0.15, 0.2) is 41.9 Å². The maximum Gasteiger partial charge on any atom is 0.101 e. The van der Waals surface area contributed by atoms with Crippen molar-refractivity contribution in [2.24, 2.45) is 0 Å². The number of aromatic nitrogens is 1. The van der Waals surface area contributed by atoms with Crippen molar-refractivity contribution in [3.63, 3.8) is 0 Å². The predicted octanol–water partition coefficient (Wildman–Crippen LogP) is 3.21. The van der Waals surface area contributed by atoms with Gasteiger partial charge in [0.05, 0.1) is 11.3 Å². The van der Waals surface area contributed by atoms with E-state index in [1.807, 2.05) is 41.8 Å². The Labute approximate surface area is 92.1 Å². The molecule has 2 heterocycles. The first-order valence-corrected chi connectivity index (χ1v) is 5.35. The van der Waals surface area contributed by atoms with Gasteiger partial charge in [-0.25, -0.2) is 0 Å². The molecule has 0 aromatic carbocycles. The summed E-state index contributed by atoms with van der Waals surface area (Å²) in [6, 6.07) is 11.7. The molecule has 0 unspecified atom stereocenters. The Morgan fingerprint density at radius 1 is 1.33 bits per heavy atom. The van der Waals surface area contributed by atoms with Crippen LogP contribution in [0, 0.1) is 11.3 Å². The molecule has 0 aliphatic rings. The molecule has 0 aliphatic heterocycles. The summed E-state index contributed by atoms with van der Waals surface area (Å²) in [6.07, 6.45) is 3.54. The van der Waals surface area contributed by atoms with E-state index in [-0.39, 0.29) is 0 Å². The maximum atomic E-state index is 9.02. The molecule has 0 saturated carbocycles. The highest BCUT2D eigenvalue weighted by Gasteiger charge is 2.01. The Balaban J connectivity index is 2.38. The summed E-state index contributed by atoms with van der Waals surface area (Å²) in [5, 5.41) is 11.0. The highest BCUT2D eigenvalue weighted by atomic mass is 32.1. The van der Waals surface area contributed by atoms with Crippen molar-refractivity contribution in [3.05, 3.63) is 52.5 Å². The minimum absolute atomic E-state index is 0.595. The van der Waals surface area contributed by atoms with Gasteiger partial charge in [-0.1, -0.05) is 12.1 Å². The lowest BCUT2D eigenvalue weighted by atomic mass is 10.1. The van der Waals surface area contributed by atoms with Gasteiger partial charge in [0.2, 0.25) is 0 Å². The second-order valence-corrected chi connectivity index (χ2v) is 3.88. The van der Waals surface area contributed by atoms with Crippen molar-refractivity contribution in [2.75, 3.05) is 0 Å². The van der Waals surface area contributed by atoms with Crippen molar-refractivity contribution < 1.29 is 0 Å². The van der Waals surface area contributed by atoms with E-state index >= 15 is 0 Å². The van der Waals surface area contributed by atoms with Crippen LogP contribution in [-0.4, -0.2) is 4.98 Å². The first-order chi connectivity index (χ1) is 7.40. The van der Waals surface area contributed by atoms with Crippen molar-refractivity contribution in [2.45, 2.75) is 0 Å². The summed E-state index contributed by atoms with van der Waals surface area (Å²) in [4.78, 5) is 5.21. The molecule has 2 nitrogen and oxygen atoms in total. The molecule has 2 rings (SSSR count). The summed E-state index contributed by atoms with van der Waals surface area (Å²) < 4.78 is 0. The highest BCUT2D eigenvalue weighted by molar-refractivity contribution is 7.10. The number of hydrogen-bond acceptors (Lipinski definition) is 3. The van der Waals surface area contributed by atoms with Crippen LogP contribution in [0.3, 0.4) is 0 Å². The number of nitriles is 1. The minimum Gasteiger partial charge on any atom is -0.256 e. The Kier molecular flexibility index (Phi) is 2.91. The Bertz CT molecular complexity index is 492. The molecule has 0 bridgehead atoms. The highest BCUT2D eigenvalue weighted by Crippen LogP contribution is 2.18. The van der Waals surface area contributed by atoms with Gasteiger partial charge in [-0.3, -0.25) is 4.98 Å². The zero-order valence-corrected chi connectivity index (χ0v) is 8.74. The molecule has 0 amide bonds. The minimum atomic E-state index is 0.595. The van der Waals surface area contributed by atoms with Gasteiger partial charge in [-0.15, -0.1) is 11.3 Å². The van der Waals surface area contributed by atoms with E-state index in [4.69, 9.17) is 5.26 Å². The number of nitrogens with zero attached hydrogens (tertiary/aromatic N) is 2. The predicted molar refractivity (Wildman–Crippen MR) is 62.0 cm³/mol. The Hall–Kier alpha value is -1.92. The van der Waals surface area contributed by atoms with Gasteiger partial charge in [0.1, 0.15) is 6.07 Å². The van der Waals surface area contributed by atoms with Crippen molar-refractivity contribution >= 4 is 23.0 Å². The average molecular weight is 212 g/mol. The summed E-state index contributed by atoms with van der Waals surface area (Å²) in [5.41, 5.74) is 1.31. The third-order valence-corrected chi connectivity index (χ3v) is 2.71. The van der Waals surface area contributed by atoms with E-state index in [0.717, 1.165) is 4.88 Å². The second kappa shape index (κ2) is 4.54. The van der Waals surface area contributed by atoms with E-state index in [1.54, 1.807) is 17.5 Å². The van der Waals surface area contributed by atoms with Crippen LogP contribution in [-0.2, 0) is 0 Å². The van der Waals surface area contributed by atoms with Crippen molar-refractivity contribution in [1.82, 2.24) is 4.98 Å². The summed E-state index contributed by atoms with van der Waals surface area (Å²) in [6.45, 7) is 0. The first kappa shape index (κ1) is 9.63.